The van der Waals surface area contributed by atoms with E-state index in [1.807, 2.05) is 17.8 Å². The molecule has 0 unspecified atom stereocenters. The minimum Gasteiger partial charge on any atom is -0.382 e. The molecule has 1 aliphatic heterocycles. The van der Waals surface area contributed by atoms with Crippen molar-refractivity contribution in [3.63, 3.8) is 0 Å². The van der Waals surface area contributed by atoms with Crippen LogP contribution in [0.2, 0.25) is 0 Å². The van der Waals surface area contributed by atoms with E-state index < -0.39 is 0 Å². The first-order chi connectivity index (χ1) is 7.70. The van der Waals surface area contributed by atoms with Crippen molar-refractivity contribution in [1.82, 2.24) is 14.7 Å². The minimum absolute atomic E-state index is 0.627. The molecule has 2 rings (SSSR count). The average Bonchev–Trinajstić information content (AvgIpc) is 2.58. The number of hydrogen-bond donors (Lipinski definition) is 1. The Bertz CT molecular complexity index is 345. The van der Waals surface area contributed by atoms with Crippen LogP contribution in [-0.2, 0) is 13.6 Å². The smallest absolute Gasteiger partial charge is 0.145 e. The van der Waals surface area contributed by atoms with Crippen LogP contribution in [0.4, 0.5) is 5.82 Å². The van der Waals surface area contributed by atoms with Crippen molar-refractivity contribution in [2.75, 3.05) is 12.3 Å². The van der Waals surface area contributed by atoms with Crippen molar-refractivity contribution in [3.05, 3.63) is 11.8 Å². The summed E-state index contributed by atoms with van der Waals surface area (Å²) >= 11 is 0. The van der Waals surface area contributed by atoms with Crippen molar-refractivity contribution >= 4 is 5.82 Å². The van der Waals surface area contributed by atoms with E-state index in [1.54, 1.807) is 0 Å². The van der Waals surface area contributed by atoms with Crippen LogP contribution in [-0.4, -0.2) is 27.3 Å². The maximum absolute atomic E-state index is 5.70. The molecule has 2 heterocycles. The largest absolute Gasteiger partial charge is 0.382 e. The summed E-state index contributed by atoms with van der Waals surface area (Å²) in [7, 11) is 1.97. The summed E-state index contributed by atoms with van der Waals surface area (Å²) in [6.45, 7) is 4.48. The third kappa shape index (κ3) is 2.38. The molecule has 1 aliphatic rings. The lowest BCUT2D eigenvalue weighted by molar-refractivity contribution is 0.133. The fourth-order valence-corrected chi connectivity index (χ4v) is 2.62. The second kappa shape index (κ2) is 4.87. The van der Waals surface area contributed by atoms with E-state index in [1.165, 1.54) is 37.9 Å². The molecule has 4 nitrogen and oxygen atoms in total. The lowest BCUT2D eigenvalue weighted by Crippen LogP contribution is -2.38. The van der Waals surface area contributed by atoms with Crippen LogP contribution in [0.25, 0.3) is 0 Å². The summed E-state index contributed by atoms with van der Waals surface area (Å²) in [6.07, 6.45) is 5.28. The standard InChI is InChI=1S/C12H22N4/c1-3-10-6-4-5-7-16(10)9-11-8-12(13)14-15(11)2/h8,10H,3-7,9H2,1-2H3,(H2,13,14)/t10-/m0/s1. The van der Waals surface area contributed by atoms with Gasteiger partial charge in [0.1, 0.15) is 5.82 Å². The van der Waals surface area contributed by atoms with Gasteiger partial charge in [0, 0.05) is 25.7 Å². The number of likely N-dealkylation sites (tertiary alicyclic amines) is 1. The number of rotatable bonds is 3. The van der Waals surface area contributed by atoms with E-state index in [0.29, 0.717) is 5.82 Å². The summed E-state index contributed by atoms with van der Waals surface area (Å²) < 4.78 is 1.90. The summed E-state index contributed by atoms with van der Waals surface area (Å²) in [5, 5.41) is 4.20. The second-order valence-electron chi connectivity index (χ2n) is 4.71. The predicted molar refractivity (Wildman–Crippen MR) is 66.0 cm³/mol. The van der Waals surface area contributed by atoms with Gasteiger partial charge in [-0.3, -0.25) is 9.58 Å². The number of aromatic nitrogens is 2. The highest BCUT2D eigenvalue weighted by Gasteiger charge is 2.21. The monoisotopic (exact) mass is 222 g/mol. The molecule has 2 N–H and O–H groups in total. The predicted octanol–water partition coefficient (Wildman–Crippen LogP) is 1.77. The van der Waals surface area contributed by atoms with Crippen LogP contribution in [0.15, 0.2) is 6.07 Å². The van der Waals surface area contributed by atoms with E-state index >= 15 is 0 Å². The molecule has 0 bridgehead atoms. The Labute approximate surface area is 97.4 Å². The Hall–Kier alpha value is -1.03. The molecule has 1 aromatic heterocycles. The fraction of sp³-hybridized carbons (Fsp3) is 0.750. The SMILES string of the molecule is CC[C@H]1CCCCN1Cc1cc(N)nn1C. The van der Waals surface area contributed by atoms with Crippen molar-refractivity contribution in [2.24, 2.45) is 7.05 Å². The highest BCUT2D eigenvalue weighted by Crippen LogP contribution is 2.21. The van der Waals surface area contributed by atoms with Crippen LogP contribution < -0.4 is 5.73 Å². The van der Waals surface area contributed by atoms with Crippen LogP contribution in [0.1, 0.15) is 38.3 Å². The zero-order valence-corrected chi connectivity index (χ0v) is 10.3. The van der Waals surface area contributed by atoms with Crippen LogP contribution in [0.3, 0.4) is 0 Å². The van der Waals surface area contributed by atoms with Crippen LogP contribution in [0, 0.1) is 0 Å². The highest BCUT2D eigenvalue weighted by atomic mass is 15.3. The summed E-state index contributed by atoms with van der Waals surface area (Å²) in [5.74, 6) is 0.627. The Morgan fingerprint density at radius 1 is 1.50 bits per heavy atom. The maximum atomic E-state index is 5.70. The number of nitrogens with zero attached hydrogens (tertiary/aromatic N) is 3. The number of anilines is 1. The van der Waals surface area contributed by atoms with Gasteiger partial charge < -0.3 is 5.73 Å². The van der Waals surface area contributed by atoms with Gasteiger partial charge >= 0.3 is 0 Å². The van der Waals surface area contributed by atoms with Crippen molar-refractivity contribution in [2.45, 2.75) is 45.2 Å². The Morgan fingerprint density at radius 2 is 2.31 bits per heavy atom. The Morgan fingerprint density at radius 3 is 2.94 bits per heavy atom. The number of nitrogen functional groups attached to an aromatic ring is 1. The van der Waals surface area contributed by atoms with Gasteiger partial charge in [0.05, 0.1) is 5.69 Å². The van der Waals surface area contributed by atoms with E-state index in [-0.39, 0.29) is 0 Å². The average molecular weight is 222 g/mol. The molecule has 4 heteroatoms. The molecule has 1 fully saturated rings. The van der Waals surface area contributed by atoms with E-state index in [4.69, 9.17) is 5.73 Å². The van der Waals surface area contributed by atoms with Gasteiger partial charge in [0.15, 0.2) is 0 Å². The van der Waals surface area contributed by atoms with Gasteiger partial charge in [-0.05, 0) is 25.8 Å². The quantitative estimate of drug-likeness (QED) is 0.848. The number of nitrogens with two attached hydrogens (primary N) is 1. The molecule has 0 amide bonds. The summed E-state index contributed by atoms with van der Waals surface area (Å²) in [6, 6.07) is 2.73. The van der Waals surface area contributed by atoms with Gasteiger partial charge in [-0.25, -0.2) is 0 Å². The van der Waals surface area contributed by atoms with Gasteiger partial charge in [0.2, 0.25) is 0 Å². The van der Waals surface area contributed by atoms with Crippen molar-refractivity contribution in [1.29, 1.82) is 0 Å². The lowest BCUT2D eigenvalue weighted by Gasteiger charge is -2.35. The third-order valence-corrected chi connectivity index (χ3v) is 3.58. The molecule has 90 valence electrons. The van der Waals surface area contributed by atoms with E-state index in [0.717, 1.165) is 12.6 Å². The zero-order valence-electron chi connectivity index (χ0n) is 10.3. The summed E-state index contributed by atoms with van der Waals surface area (Å²) in [5.41, 5.74) is 6.92. The maximum Gasteiger partial charge on any atom is 0.145 e. The Kier molecular flexibility index (Phi) is 3.49. The number of piperidine rings is 1. The van der Waals surface area contributed by atoms with Crippen LogP contribution >= 0.6 is 0 Å². The second-order valence-corrected chi connectivity index (χ2v) is 4.71. The topological polar surface area (TPSA) is 47.1 Å². The van der Waals surface area contributed by atoms with E-state index in [2.05, 4.69) is 16.9 Å². The van der Waals surface area contributed by atoms with Crippen molar-refractivity contribution < 1.29 is 0 Å². The molecule has 0 aromatic carbocycles. The number of hydrogen-bond acceptors (Lipinski definition) is 3. The van der Waals surface area contributed by atoms with E-state index in [9.17, 15) is 0 Å². The minimum atomic E-state index is 0.627. The van der Waals surface area contributed by atoms with Gasteiger partial charge in [0.25, 0.3) is 0 Å². The number of aryl methyl sites for hydroxylation is 1. The Balaban J connectivity index is 2.04. The van der Waals surface area contributed by atoms with Gasteiger partial charge in [-0.2, -0.15) is 5.10 Å². The molecule has 0 spiro atoms. The van der Waals surface area contributed by atoms with Crippen molar-refractivity contribution in [3.8, 4) is 0 Å². The van der Waals surface area contributed by atoms with Gasteiger partial charge in [-0.1, -0.05) is 13.3 Å². The van der Waals surface area contributed by atoms with Crippen LogP contribution in [0.5, 0.6) is 0 Å². The molecular formula is C12H22N4. The first-order valence-electron chi connectivity index (χ1n) is 6.23. The zero-order chi connectivity index (χ0) is 11.5. The molecule has 0 radical (unpaired) electrons. The third-order valence-electron chi connectivity index (χ3n) is 3.58. The molecule has 1 atom stereocenters. The molecule has 1 aromatic rings. The van der Waals surface area contributed by atoms with Gasteiger partial charge in [-0.15, -0.1) is 0 Å². The molecule has 1 saturated heterocycles. The first-order valence-corrected chi connectivity index (χ1v) is 6.23. The molecular weight excluding hydrogens is 200 g/mol. The normalized spacial score (nSPS) is 22.5. The summed E-state index contributed by atoms with van der Waals surface area (Å²) in [4.78, 5) is 2.57. The molecule has 0 saturated carbocycles. The first kappa shape index (κ1) is 11.5. The molecule has 0 aliphatic carbocycles. The molecule has 16 heavy (non-hydrogen) atoms. The highest BCUT2D eigenvalue weighted by molar-refractivity contribution is 5.29. The lowest BCUT2D eigenvalue weighted by atomic mass is 10.00. The fourth-order valence-electron chi connectivity index (χ4n) is 2.62.